The third-order valence-electron chi connectivity index (χ3n) is 2.74. The molecule has 0 atom stereocenters. The third kappa shape index (κ3) is 3.92. The number of methoxy groups -OCH3 is 1. The summed E-state index contributed by atoms with van der Waals surface area (Å²) in [4.78, 5) is 23.5. The predicted octanol–water partition coefficient (Wildman–Crippen LogP) is 4.25. The molecule has 2 aromatic carbocycles. The average molecular weight is 413 g/mol. The Bertz CT molecular complexity index is 684. The summed E-state index contributed by atoms with van der Waals surface area (Å²) in [6, 6.07) is 11.8. The first-order chi connectivity index (χ1) is 10.0. The maximum Gasteiger partial charge on any atom is 0.337 e. The number of ether oxygens (including phenoxy) is 1. The van der Waals surface area contributed by atoms with Gasteiger partial charge in [0.2, 0.25) is 0 Å². The Morgan fingerprint density at radius 1 is 1.00 bits per heavy atom. The molecule has 0 fully saturated rings. The summed E-state index contributed by atoms with van der Waals surface area (Å²) in [6.45, 7) is 0. The molecule has 2 rings (SSSR count). The lowest BCUT2D eigenvalue weighted by Gasteiger charge is -2.08. The molecule has 6 heteroatoms. The summed E-state index contributed by atoms with van der Waals surface area (Å²) in [5.41, 5.74) is 1.51. The largest absolute Gasteiger partial charge is 0.465 e. The van der Waals surface area contributed by atoms with Crippen LogP contribution in [0.1, 0.15) is 20.7 Å². The molecule has 4 nitrogen and oxygen atoms in total. The van der Waals surface area contributed by atoms with Crippen LogP contribution in [0, 0.1) is 0 Å². The number of benzene rings is 2. The van der Waals surface area contributed by atoms with Crippen LogP contribution in [-0.4, -0.2) is 19.0 Å². The molecule has 0 bridgehead atoms. The fourth-order valence-electron chi connectivity index (χ4n) is 1.66. The first-order valence-corrected chi connectivity index (χ1v) is 7.54. The fourth-order valence-corrected chi connectivity index (χ4v) is 2.37. The van der Waals surface area contributed by atoms with Crippen molar-refractivity contribution in [1.82, 2.24) is 0 Å². The van der Waals surface area contributed by atoms with Crippen molar-refractivity contribution in [3.8, 4) is 0 Å². The van der Waals surface area contributed by atoms with E-state index in [-0.39, 0.29) is 5.91 Å². The first-order valence-electron chi connectivity index (χ1n) is 5.96. The van der Waals surface area contributed by atoms with Crippen molar-refractivity contribution in [1.29, 1.82) is 0 Å². The van der Waals surface area contributed by atoms with Crippen LogP contribution in [0.5, 0.6) is 0 Å². The van der Waals surface area contributed by atoms with Crippen LogP contribution in [0.25, 0.3) is 0 Å². The van der Waals surface area contributed by atoms with Crippen molar-refractivity contribution in [3.63, 3.8) is 0 Å². The molecule has 0 aliphatic carbocycles. The van der Waals surface area contributed by atoms with Crippen LogP contribution < -0.4 is 5.32 Å². The van der Waals surface area contributed by atoms with Gasteiger partial charge in [0, 0.05) is 14.5 Å². The van der Waals surface area contributed by atoms with Gasteiger partial charge >= 0.3 is 5.97 Å². The molecule has 108 valence electrons. The summed E-state index contributed by atoms with van der Waals surface area (Å²) in [6.07, 6.45) is 0. The molecule has 0 saturated heterocycles. The smallest absolute Gasteiger partial charge is 0.337 e. The molecule has 0 aromatic heterocycles. The van der Waals surface area contributed by atoms with Crippen LogP contribution >= 0.6 is 31.9 Å². The molecule has 0 heterocycles. The SMILES string of the molecule is COC(=O)c1ccc(C(=O)Nc2cc(Br)ccc2Br)cc1. The number of rotatable bonds is 3. The van der Waals surface area contributed by atoms with E-state index in [1.54, 1.807) is 30.3 Å². The Labute approximate surface area is 138 Å². The van der Waals surface area contributed by atoms with Gasteiger partial charge in [-0.3, -0.25) is 4.79 Å². The summed E-state index contributed by atoms with van der Waals surface area (Å²) < 4.78 is 6.26. The molecule has 0 radical (unpaired) electrons. The molecule has 2 aromatic rings. The Kier molecular flexibility index (Phi) is 5.14. The highest BCUT2D eigenvalue weighted by Crippen LogP contribution is 2.26. The van der Waals surface area contributed by atoms with E-state index in [9.17, 15) is 9.59 Å². The Hall–Kier alpha value is -1.66. The highest BCUT2D eigenvalue weighted by atomic mass is 79.9. The first kappa shape index (κ1) is 15.7. The van der Waals surface area contributed by atoms with Crippen molar-refractivity contribution in [2.24, 2.45) is 0 Å². The second-order valence-corrected chi connectivity index (χ2v) is 5.92. The van der Waals surface area contributed by atoms with E-state index in [4.69, 9.17) is 0 Å². The van der Waals surface area contributed by atoms with Gasteiger partial charge < -0.3 is 10.1 Å². The van der Waals surface area contributed by atoms with Crippen LogP contribution in [-0.2, 0) is 4.74 Å². The highest BCUT2D eigenvalue weighted by Gasteiger charge is 2.10. The summed E-state index contributed by atoms with van der Waals surface area (Å²) in [7, 11) is 1.31. The zero-order valence-electron chi connectivity index (χ0n) is 11.0. The minimum Gasteiger partial charge on any atom is -0.465 e. The van der Waals surface area contributed by atoms with Gasteiger partial charge in [-0.1, -0.05) is 15.9 Å². The van der Waals surface area contributed by atoms with E-state index >= 15 is 0 Å². The second kappa shape index (κ2) is 6.87. The van der Waals surface area contributed by atoms with Gasteiger partial charge in [-0.05, 0) is 58.4 Å². The molecular formula is C15H11Br2NO3. The van der Waals surface area contributed by atoms with Crippen LogP contribution in [0.4, 0.5) is 5.69 Å². The van der Waals surface area contributed by atoms with Crippen molar-refractivity contribution in [2.75, 3.05) is 12.4 Å². The summed E-state index contributed by atoms with van der Waals surface area (Å²) in [5, 5.41) is 2.80. The van der Waals surface area contributed by atoms with Crippen LogP contribution in [0.15, 0.2) is 51.4 Å². The maximum atomic E-state index is 12.2. The monoisotopic (exact) mass is 411 g/mol. The number of esters is 1. The Morgan fingerprint density at radius 2 is 1.62 bits per heavy atom. The number of anilines is 1. The number of carbonyl (C=O) groups excluding carboxylic acids is 2. The lowest BCUT2D eigenvalue weighted by molar-refractivity contribution is 0.0600. The number of hydrogen-bond donors (Lipinski definition) is 1. The molecule has 0 spiro atoms. The lowest BCUT2D eigenvalue weighted by Crippen LogP contribution is -2.12. The number of nitrogens with one attached hydrogen (secondary N) is 1. The van der Waals surface area contributed by atoms with Gasteiger partial charge in [0.15, 0.2) is 0 Å². The Balaban J connectivity index is 2.17. The van der Waals surface area contributed by atoms with E-state index in [0.29, 0.717) is 16.8 Å². The van der Waals surface area contributed by atoms with E-state index in [1.165, 1.54) is 7.11 Å². The van der Waals surface area contributed by atoms with Crippen LogP contribution in [0.2, 0.25) is 0 Å². The molecule has 1 N–H and O–H groups in total. The van der Waals surface area contributed by atoms with E-state index in [1.807, 2.05) is 12.1 Å². The van der Waals surface area contributed by atoms with Crippen molar-refractivity contribution >= 4 is 49.4 Å². The Morgan fingerprint density at radius 3 is 2.24 bits per heavy atom. The van der Waals surface area contributed by atoms with Gasteiger partial charge in [0.25, 0.3) is 5.91 Å². The third-order valence-corrected chi connectivity index (χ3v) is 3.93. The number of amides is 1. The van der Waals surface area contributed by atoms with E-state index < -0.39 is 5.97 Å². The maximum absolute atomic E-state index is 12.2. The minimum absolute atomic E-state index is 0.259. The second-order valence-electron chi connectivity index (χ2n) is 4.15. The van der Waals surface area contributed by atoms with Crippen molar-refractivity contribution < 1.29 is 14.3 Å². The zero-order chi connectivity index (χ0) is 15.4. The lowest BCUT2D eigenvalue weighted by atomic mass is 10.1. The number of carbonyl (C=O) groups is 2. The molecule has 1 amide bonds. The van der Waals surface area contributed by atoms with Crippen LogP contribution in [0.3, 0.4) is 0 Å². The standard InChI is InChI=1S/C15H11Br2NO3/c1-21-15(20)10-4-2-9(3-5-10)14(19)18-13-8-11(16)6-7-12(13)17/h2-8H,1H3,(H,18,19). The fraction of sp³-hybridized carbons (Fsp3) is 0.0667. The van der Waals surface area contributed by atoms with Gasteiger partial charge in [0.1, 0.15) is 0 Å². The zero-order valence-corrected chi connectivity index (χ0v) is 14.2. The molecule has 0 unspecified atom stereocenters. The summed E-state index contributed by atoms with van der Waals surface area (Å²) >= 11 is 6.73. The summed E-state index contributed by atoms with van der Waals surface area (Å²) in [5.74, 6) is -0.693. The normalized spacial score (nSPS) is 10.0. The van der Waals surface area contributed by atoms with Gasteiger partial charge in [-0.2, -0.15) is 0 Å². The quantitative estimate of drug-likeness (QED) is 0.766. The number of hydrogen-bond acceptors (Lipinski definition) is 3. The minimum atomic E-state index is -0.434. The predicted molar refractivity (Wildman–Crippen MR) is 87.6 cm³/mol. The van der Waals surface area contributed by atoms with E-state index in [2.05, 4.69) is 41.9 Å². The van der Waals surface area contributed by atoms with Crippen molar-refractivity contribution in [3.05, 3.63) is 62.5 Å². The molecule has 0 aliphatic rings. The molecule has 0 aliphatic heterocycles. The van der Waals surface area contributed by atoms with Gasteiger partial charge in [-0.15, -0.1) is 0 Å². The van der Waals surface area contributed by atoms with Gasteiger partial charge in [0.05, 0.1) is 18.4 Å². The molecule has 0 saturated carbocycles. The number of halogens is 2. The average Bonchev–Trinajstić information content (AvgIpc) is 2.50. The van der Waals surface area contributed by atoms with E-state index in [0.717, 1.165) is 8.95 Å². The topological polar surface area (TPSA) is 55.4 Å². The van der Waals surface area contributed by atoms with Crippen molar-refractivity contribution in [2.45, 2.75) is 0 Å². The molecule has 21 heavy (non-hydrogen) atoms. The highest BCUT2D eigenvalue weighted by molar-refractivity contribution is 9.11. The van der Waals surface area contributed by atoms with Gasteiger partial charge in [-0.25, -0.2) is 4.79 Å². The molecular weight excluding hydrogens is 402 g/mol.